The Morgan fingerprint density at radius 2 is 2.20 bits per heavy atom. The highest BCUT2D eigenvalue weighted by atomic mass is 32.1. The van der Waals surface area contributed by atoms with Crippen molar-refractivity contribution < 1.29 is 9.53 Å². The van der Waals surface area contributed by atoms with Crippen LogP contribution in [-0.4, -0.2) is 12.6 Å². The molecule has 3 N–H and O–H groups in total. The first-order chi connectivity index (χ1) is 9.63. The molecule has 0 radical (unpaired) electrons. The third kappa shape index (κ3) is 3.11. The number of rotatable bonds is 5. The quantitative estimate of drug-likeness (QED) is 0.651. The lowest BCUT2D eigenvalue weighted by molar-refractivity contribution is 0.0527. The van der Waals surface area contributed by atoms with E-state index in [0.29, 0.717) is 23.5 Å². The van der Waals surface area contributed by atoms with E-state index in [1.807, 2.05) is 24.4 Å². The predicted molar refractivity (Wildman–Crippen MR) is 83.2 cm³/mol. The lowest BCUT2D eigenvalue weighted by Crippen LogP contribution is -2.13. The van der Waals surface area contributed by atoms with Gasteiger partial charge in [0.2, 0.25) is 0 Å². The van der Waals surface area contributed by atoms with E-state index in [1.165, 1.54) is 4.88 Å². The van der Waals surface area contributed by atoms with Crippen molar-refractivity contribution in [1.29, 1.82) is 0 Å². The van der Waals surface area contributed by atoms with Crippen molar-refractivity contribution in [2.45, 2.75) is 19.9 Å². The first-order valence-corrected chi connectivity index (χ1v) is 7.37. The standard InChI is InChI=1S/C15H18N2O2S/c1-3-19-15(18)11-6-4-7-12(16)14(11)17-10(2)13-8-5-9-20-13/h4-10,17H,3,16H2,1-2H3. The lowest BCUT2D eigenvalue weighted by atomic mass is 10.1. The molecule has 1 heterocycles. The molecule has 0 aliphatic rings. The number of para-hydroxylation sites is 1. The molecule has 4 nitrogen and oxygen atoms in total. The van der Waals surface area contributed by atoms with E-state index in [0.717, 1.165) is 0 Å². The van der Waals surface area contributed by atoms with Crippen molar-refractivity contribution in [2.75, 3.05) is 17.7 Å². The number of anilines is 2. The Kier molecular flexibility index (Phi) is 4.63. The van der Waals surface area contributed by atoms with E-state index in [9.17, 15) is 4.79 Å². The van der Waals surface area contributed by atoms with E-state index < -0.39 is 0 Å². The van der Waals surface area contributed by atoms with Crippen molar-refractivity contribution in [3.63, 3.8) is 0 Å². The normalized spacial score (nSPS) is 11.9. The average molecular weight is 290 g/mol. The van der Waals surface area contributed by atoms with Crippen molar-refractivity contribution >= 4 is 28.7 Å². The predicted octanol–water partition coefficient (Wildman–Crippen LogP) is 3.68. The van der Waals surface area contributed by atoms with Crippen LogP contribution in [0.3, 0.4) is 0 Å². The second-order valence-electron chi connectivity index (χ2n) is 4.37. The number of carbonyl (C=O) groups excluding carboxylic acids is 1. The molecular weight excluding hydrogens is 272 g/mol. The summed E-state index contributed by atoms with van der Waals surface area (Å²) < 4.78 is 5.06. The molecule has 2 rings (SSSR count). The van der Waals surface area contributed by atoms with E-state index in [-0.39, 0.29) is 12.0 Å². The molecule has 0 bridgehead atoms. The van der Waals surface area contributed by atoms with Crippen molar-refractivity contribution in [2.24, 2.45) is 0 Å². The van der Waals surface area contributed by atoms with Crippen LogP contribution in [0.1, 0.15) is 35.1 Å². The Morgan fingerprint density at radius 3 is 2.85 bits per heavy atom. The molecule has 106 valence electrons. The Bertz CT molecular complexity index is 582. The van der Waals surface area contributed by atoms with Gasteiger partial charge in [-0.2, -0.15) is 0 Å². The zero-order valence-electron chi connectivity index (χ0n) is 11.6. The molecule has 0 amide bonds. The number of nitrogens with one attached hydrogen (secondary N) is 1. The van der Waals surface area contributed by atoms with E-state index >= 15 is 0 Å². The minimum atomic E-state index is -0.360. The fourth-order valence-corrected chi connectivity index (χ4v) is 2.67. The number of nitrogen functional groups attached to an aromatic ring is 1. The minimum absolute atomic E-state index is 0.0767. The molecule has 1 aromatic carbocycles. The Hall–Kier alpha value is -2.01. The second kappa shape index (κ2) is 6.43. The highest BCUT2D eigenvalue weighted by Crippen LogP contribution is 2.30. The molecule has 1 atom stereocenters. The molecule has 0 fully saturated rings. The van der Waals surface area contributed by atoms with Gasteiger partial charge in [0.15, 0.2) is 0 Å². The van der Waals surface area contributed by atoms with Crippen molar-refractivity contribution in [3.8, 4) is 0 Å². The number of hydrogen-bond donors (Lipinski definition) is 2. The zero-order chi connectivity index (χ0) is 14.5. The Balaban J connectivity index is 2.28. The molecule has 2 aromatic rings. The van der Waals surface area contributed by atoms with Crippen LogP contribution in [0.5, 0.6) is 0 Å². The van der Waals surface area contributed by atoms with Gasteiger partial charge < -0.3 is 15.8 Å². The first kappa shape index (κ1) is 14.4. The largest absolute Gasteiger partial charge is 0.462 e. The van der Waals surface area contributed by atoms with Gasteiger partial charge in [-0.1, -0.05) is 12.1 Å². The van der Waals surface area contributed by atoms with Gasteiger partial charge in [0.25, 0.3) is 0 Å². The summed E-state index contributed by atoms with van der Waals surface area (Å²) in [5, 5.41) is 5.33. The molecular formula is C15H18N2O2S. The summed E-state index contributed by atoms with van der Waals surface area (Å²) in [6, 6.07) is 9.37. The molecule has 0 saturated carbocycles. The van der Waals surface area contributed by atoms with Crippen LogP contribution < -0.4 is 11.1 Å². The summed E-state index contributed by atoms with van der Waals surface area (Å²) >= 11 is 1.66. The number of esters is 1. The highest BCUT2D eigenvalue weighted by Gasteiger charge is 2.17. The Morgan fingerprint density at radius 1 is 1.40 bits per heavy atom. The van der Waals surface area contributed by atoms with Gasteiger partial charge in [0.05, 0.1) is 29.6 Å². The zero-order valence-corrected chi connectivity index (χ0v) is 12.4. The molecule has 20 heavy (non-hydrogen) atoms. The number of nitrogens with two attached hydrogens (primary N) is 1. The van der Waals surface area contributed by atoms with Crippen LogP contribution in [0.25, 0.3) is 0 Å². The summed E-state index contributed by atoms with van der Waals surface area (Å²) in [7, 11) is 0. The fraction of sp³-hybridized carbons (Fsp3) is 0.267. The third-order valence-electron chi connectivity index (χ3n) is 2.92. The van der Waals surface area contributed by atoms with Gasteiger partial charge >= 0.3 is 5.97 Å². The van der Waals surface area contributed by atoms with Crippen LogP contribution in [-0.2, 0) is 4.74 Å². The van der Waals surface area contributed by atoms with Gasteiger partial charge in [-0.05, 0) is 37.4 Å². The lowest BCUT2D eigenvalue weighted by Gasteiger charge is -2.18. The van der Waals surface area contributed by atoms with Gasteiger partial charge in [-0.3, -0.25) is 0 Å². The third-order valence-corrected chi connectivity index (χ3v) is 3.98. The monoisotopic (exact) mass is 290 g/mol. The van der Waals surface area contributed by atoms with Crippen LogP contribution in [0.15, 0.2) is 35.7 Å². The number of hydrogen-bond acceptors (Lipinski definition) is 5. The molecule has 0 aliphatic heterocycles. The molecule has 1 unspecified atom stereocenters. The molecule has 0 spiro atoms. The number of thiophene rings is 1. The maximum atomic E-state index is 12.0. The summed E-state index contributed by atoms with van der Waals surface area (Å²) in [6.07, 6.45) is 0. The van der Waals surface area contributed by atoms with Crippen molar-refractivity contribution in [3.05, 3.63) is 46.2 Å². The van der Waals surface area contributed by atoms with Crippen LogP contribution >= 0.6 is 11.3 Å². The van der Waals surface area contributed by atoms with Crippen LogP contribution in [0, 0.1) is 0 Å². The van der Waals surface area contributed by atoms with Gasteiger partial charge in [-0.25, -0.2) is 4.79 Å². The molecule has 0 aliphatic carbocycles. The topological polar surface area (TPSA) is 64.3 Å². The fourth-order valence-electron chi connectivity index (χ4n) is 1.94. The van der Waals surface area contributed by atoms with Crippen LogP contribution in [0.2, 0.25) is 0 Å². The van der Waals surface area contributed by atoms with Gasteiger partial charge in [0.1, 0.15) is 0 Å². The van der Waals surface area contributed by atoms with E-state index in [2.05, 4.69) is 5.32 Å². The first-order valence-electron chi connectivity index (χ1n) is 6.49. The number of ether oxygens (including phenoxy) is 1. The summed E-state index contributed by atoms with van der Waals surface area (Å²) in [5.41, 5.74) is 7.63. The SMILES string of the molecule is CCOC(=O)c1cccc(N)c1NC(C)c1cccs1. The summed E-state index contributed by atoms with van der Waals surface area (Å²) in [5.74, 6) is -0.360. The average Bonchev–Trinajstić information content (AvgIpc) is 2.95. The van der Waals surface area contributed by atoms with Gasteiger partial charge in [0, 0.05) is 4.88 Å². The van der Waals surface area contributed by atoms with Gasteiger partial charge in [-0.15, -0.1) is 11.3 Å². The highest BCUT2D eigenvalue weighted by molar-refractivity contribution is 7.10. The molecule has 5 heteroatoms. The van der Waals surface area contributed by atoms with Crippen LogP contribution in [0.4, 0.5) is 11.4 Å². The maximum absolute atomic E-state index is 12.0. The number of benzene rings is 1. The Labute approximate surface area is 122 Å². The summed E-state index contributed by atoms with van der Waals surface area (Å²) in [6.45, 7) is 4.16. The second-order valence-corrected chi connectivity index (χ2v) is 5.35. The van der Waals surface area contributed by atoms with E-state index in [1.54, 1.807) is 36.5 Å². The molecule has 0 saturated heterocycles. The smallest absolute Gasteiger partial charge is 0.340 e. The van der Waals surface area contributed by atoms with Crippen molar-refractivity contribution in [1.82, 2.24) is 0 Å². The molecule has 1 aromatic heterocycles. The minimum Gasteiger partial charge on any atom is -0.462 e. The summed E-state index contributed by atoms with van der Waals surface area (Å²) in [4.78, 5) is 13.2. The number of carbonyl (C=O) groups is 1. The van der Waals surface area contributed by atoms with E-state index in [4.69, 9.17) is 10.5 Å². The maximum Gasteiger partial charge on any atom is 0.340 e.